The van der Waals surface area contributed by atoms with Crippen LogP contribution >= 0.6 is 12.4 Å². The van der Waals surface area contributed by atoms with E-state index in [2.05, 4.69) is 5.32 Å². The van der Waals surface area contributed by atoms with Gasteiger partial charge in [0.15, 0.2) is 0 Å². The van der Waals surface area contributed by atoms with Gasteiger partial charge >= 0.3 is 0 Å². The van der Waals surface area contributed by atoms with E-state index < -0.39 is 0 Å². The van der Waals surface area contributed by atoms with Crippen LogP contribution in [-0.2, 0) is 4.79 Å². The van der Waals surface area contributed by atoms with Crippen LogP contribution in [0.1, 0.15) is 26.7 Å². The van der Waals surface area contributed by atoms with E-state index in [1.165, 1.54) is 0 Å². The quantitative estimate of drug-likeness (QED) is 0.669. The smallest absolute Gasteiger partial charge is 0.236 e. The van der Waals surface area contributed by atoms with Crippen LogP contribution < -0.4 is 11.1 Å². The molecule has 0 radical (unpaired) electrons. The molecule has 11 heavy (non-hydrogen) atoms. The van der Waals surface area contributed by atoms with Crippen molar-refractivity contribution in [3.63, 3.8) is 0 Å². The van der Waals surface area contributed by atoms with Gasteiger partial charge in [-0.25, -0.2) is 0 Å². The van der Waals surface area contributed by atoms with Crippen molar-refractivity contribution in [3.8, 4) is 0 Å². The topological polar surface area (TPSA) is 55.1 Å². The molecule has 68 valence electrons. The lowest BCUT2D eigenvalue weighted by Gasteiger charge is -2.07. The minimum Gasteiger partial charge on any atom is -0.355 e. The monoisotopic (exact) mass is 180 g/mol. The van der Waals surface area contributed by atoms with Gasteiger partial charge in [-0.15, -0.1) is 12.4 Å². The van der Waals surface area contributed by atoms with E-state index >= 15 is 0 Å². The van der Waals surface area contributed by atoms with Crippen molar-refractivity contribution in [2.45, 2.75) is 32.7 Å². The highest BCUT2D eigenvalue weighted by atomic mass is 35.5. The highest BCUT2D eigenvalue weighted by Crippen LogP contribution is 1.84. The van der Waals surface area contributed by atoms with Gasteiger partial charge in [0.25, 0.3) is 0 Å². The molecule has 0 aliphatic rings. The third-order valence-electron chi connectivity index (χ3n) is 1.33. The van der Waals surface area contributed by atoms with Crippen molar-refractivity contribution in [2.75, 3.05) is 6.54 Å². The van der Waals surface area contributed by atoms with Crippen LogP contribution in [0.25, 0.3) is 0 Å². The van der Waals surface area contributed by atoms with Gasteiger partial charge in [-0.1, -0.05) is 13.8 Å². The fourth-order valence-electron chi connectivity index (χ4n) is 0.565. The van der Waals surface area contributed by atoms with E-state index in [4.69, 9.17) is 5.73 Å². The van der Waals surface area contributed by atoms with E-state index in [1.54, 1.807) is 0 Å². The van der Waals surface area contributed by atoms with Gasteiger partial charge in [-0.3, -0.25) is 4.79 Å². The second-order valence-corrected chi connectivity index (χ2v) is 2.31. The molecule has 0 saturated carbocycles. The van der Waals surface area contributed by atoms with Crippen molar-refractivity contribution in [1.29, 1.82) is 0 Å². The van der Waals surface area contributed by atoms with Gasteiger partial charge in [0.05, 0.1) is 6.04 Å². The molecule has 0 heterocycles. The van der Waals surface area contributed by atoms with Crippen LogP contribution in [-0.4, -0.2) is 18.5 Å². The normalized spacial score (nSPS) is 11.5. The van der Waals surface area contributed by atoms with E-state index in [0.29, 0.717) is 6.42 Å². The number of halogens is 1. The molecule has 1 unspecified atom stereocenters. The minimum atomic E-state index is -0.327. The number of hydrogen-bond donors (Lipinski definition) is 2. The average molecular weight is 181 g/mol. The number of nitrogens with one attached hydrogen (secondary N) is 1. The Bertz CT molecular complexity index is 109. The Morgan fingerprint density at radius 2 is 2.09 bits per heavy atom. The van der Waals surface area contributed by atoms with Crippen LogP contribution in [0, 0.1) is 0 Å². The van der Waals surface area contributed by atoms with Crippen molar-refractivity contribution in [1.82, 2.24) is 5.32 Å². The first-order valence-corrected chi connectivity index (χ1v) is 3.75. The van der Waals surface area contributed by atoms with E-state index in [-0.39, 0.29) is 24.4 Å². The molecule has 0 aromatic carbocycles. The third-order valence-corrected chi connectivity index (χ3v) is 1.33. The summed E-state index contributed by atoms with van der Waals surface area (Å²) in [5, 5.41) is 2.72. The molecule has 0 aliphatic heterocycles. The maximum absolute atomic E-state index is 10.9. The van der Waals surface area contributed by atoms with Crippen LogP contribution in [0.2, 0.25) is 0 Å². The molecule has 3 nitrogen and oxygen atoms in total. The van der Waals surface area contributed by atoms with Gasteiger partial charge in [0.2, 0.25) is 5.91 Å². The molecule has 0 saturated heterocycles. The summed E-state index contributed by atoms with van der Waals surface area (Å²) in [6.07, 6.45) is 1.66. The second kappa shape index (κ2) is 7.82. The van der Waals surface area contributed by atoms with Gasteiger partial charge in [-0.05, 0) is 12.8 Å². The van der Waals surface area contributed by atoms with Gasteiger partial charge in [-0.2, -0.15) is 0 Å². The SMILES string of the molecule is CCCNC(=O)C(N)CC.Cl. The molecule has 0 bridgehead atoms. The zero-order valence-corrected chi connectivity index (χ0v) is 7.91. The summed E-state index contributed by atoms with van der Waals surface area (Å²) in [4.78, 5) is 10.9. The Hall–Kier alpha value is -0.280. The molecule has 1 atom stereocenters. The molecule has 0 spiro atoms. The maximum Gasteiger partial charge on any atom is 0.236 e. The summed E-state index contributed by atoms with van der Waals surface area (Å²) in [5.74, 6) is -0.0376. The first kappa shape index (κ1) is 13.3. The van der Waals surface area contributed by atoms with E-state index in [1.807, 2.05) is 13.8 Å². The van der Waals surface area contributed by atoms with Crippen LogP contribution in [0.5, 0.6) is 0 Å². The van der Waals surface area contributed by atoms with Gasteiger partial charge in [0, 0.05) is 6.54 Å². The molecule has 0 aliphatic carbocycles. The Kier molecular flexibility index (Phi) is 9.47. The summed E-state index contributed by atoms with van der Waals surface area (Å²) < 4.78 is 0. The number of carbonyl (C=O) groups excluding carboxylic acids is 1. The molecule has 3 N–H and O–H groups in total. The molecule has 4 heteroatoms. The van der Waals surface area contributed by atoms with E-state index in [9.17, 15) is 4.79 Å². The lowest BCUT2D eigenvalue weighted by Crippen LogP contribution is -2.40. The fourth-order valence-corrected chi connectivity index (χ4v) is 0.565. The Morgan fingerprint density at radius 1 is 1.55 bits per heavy atom. The van der Waals surface area contributed by atoms with Crippen molar-refractivity contribution in [3.05, 3.63) is 0 Å². The molecule has 0 fully saturated rings. The summed E-state index contributed by atoms with van der Waals surface area (Å²) in [6.45, 7) is 4.64. The number of carbonyl (C=O) groups is 1. The molecule has 0 rings (SSSR count). The molecule has 1 amide bonds. The molecule has 0 aromatic rings. The summed E-state index contributed by atoms with van der Waals surface area (Å²) in [7, 11) is 0. The Labute approximate surface area is 74.1 Å². The lowest BCUT2D eigenvalue weighted by atomic mass is 10.2. The fraction of sp³-hybridized carbons (Fsp3) is 0.857. The first-order valence-electron chi connectivity index (χ1n) is 3.75. The number of rotatable bonds is 4. The zero-order chi connectivity index (χ0) is 7.98. The zero-order valence-electron chi connectivity index (χ0n) is 7.09. The molecule has 0 aromatic heterocycles. The summed E-state index contributed by atoms with van der Waals surface area (Å²) >= 11 is 0. The van der Waals surface area contributed by atoms with Gasteiger partial charge < -0.3 is 11.1 Å². The molecular weight excluding hydrogens is 164 g/mol. The average Bonchev–Trinajstić information content (AvgIpc) is 1.98. The Balaban J connectivity index is 0. The van der Waals surface area contributed by atoms with Crippen molar-refractivity contribution >= 4 is 18.3 Å². The van der Waals surface area contributed by atoms with Crippen LogP contribution in [0.3, 0.4) is 0 Å². The standard InChI is InChI=1S/C7H16N2O.ClH/c1-3-5-9-7(10)6(8)4-2;/h6H,3-5,8H2,1-2H3,(H,9,10);1H. The van der Waals surface area contributed by atoms with Crippen LogP contribution in [0.4, 0.5) is 0 Å². The van der Waals surface area contributed by atoms with Crippen molar-refractivity contribution < 1.29 is 4.79 Å². The minimum absolute atomic E-state index is 0. The van der Waals surface area contributed by atoms with Crippen LogP contribution in [0.15, 0.2) is 0 Å². The predicted molar refractivity (Wildman–Crippen MR) is 48.8 cm³/mol. The lowest BCUT2D eigenvalue weighted by molar-refractivity contribution is -0.122. The number of nitrogens with two attached hydrogens (primary N) is 1. The van der Waals surface area contributed by atoms with Gasteiger partial charge in [0.1, 0.15) is 0 Å². The summed E-state index contributed by atoms with van der Waals surface area (Å²) in [5.41, 5.74) is 5.45. The summed E-state index contributed by atoms with van der Waals surface area (Å²) in [6, 6.07) is -0.327. The maximum atomic E-state index is 10.9. The predicted octanol–water partition coefficient (Wildman–Crippen LogP) is 0.672. The number of amides is 1. The van der Waals surface area contributed by atoms with E-state index in [0.717, 1.165) is 13.0 Å². The highest BCUT2D eigenvalue weighted by Gasteiger charge is 2.08. The molecular formula is C7H17ClN2O. The largest absolute Gasteiger partial charge is 0.355 e. The first-order chi connectivity index (χ1) is 4.72. The third kappa shape index (κ3) is 6.13. The number of hydrogen-bond acceptors (Lipinski definition) is 2. The Morgan fingerprint density at radius 3 is 2.45 bits per heavy atom. The van der Waals surface area contributed by atoms with Crippen molar-refractivity contribution in [2.24, 2.45) is 5.73 Å². The highest BCUT2D eigenvalue weighted by molar-refractivity contribution is 5.85. The second-order valence-electron chi connectivity index (χ2n) is 2.31.